The molecule has 0 atom stereocenters. The van der Waals surface area contributed by atoms with Crippen LogP contribution in [0.3, 0.4) is 0 Å². The Bertz CT molecular complexity index is 719. The van der Waals surface area contributed by atoms with Crippen molar-refractivity contribution in [2.45, 2.75) is 13.3 Å². The molecule has 21 heavy (non-hydrogen) atoms. The molecule has 2 amide bonds. The van der Waals surface area contributed by atoms with Gasteiger partial charge in [0, 0.05) is 5.56 Å². The Kier molecular flexibility index (Phi) is 3.22. The van der Waals surface area contributed by atoms with Crippen molar-refractivity contribution in [1.29, 1.82) is 0 Å². The molecule has 4 nitrogen and oxygen atoms in total. The van der Waals surface area contributed by atoms with Crippen LogP contribution in [0.2, 0.25) is 0 Å². The van der Waals surface area contributed by atoms with Gasteiger partial charge in [-0.25, -0.2) is 4.90 Å². The molecule has 1 aliphatic rings. The smallest absolute Gasteiger partial charge is 0.265 e. The van der Waals surface area contributed by atoms with E-state index in [-0.39, 0.29) is 18.2 Å². The van der Waals surface area contributed by atoms with E-state index in [9.17, 15) is 9.59 Å². The molecule has 0 aliphatic carbocycles. The number of methoxy groups -OCH3 is 1. The maximum atomic E-state index is 12.6. The normalized spacial score (nSPS) is 14.1. The molecule has 0 bridgehead atoms. The van der Waals surface area contributed by atoms with Crippen molar-refractivity contribution in [3.63, 3.8) is 0 Å². The van der Waals surface area contributed by atoms with Crippen molar-refractivity contribution in [1.82, 2.24) is 0 Å². The molecular formula is C17H15NO3. The van der Waals surface area contributed by atoms with E-state index in [0.717, 1.165) is 5.56 Å². The highest BCUT2D eigenvalue weighted by molar-refractivity contribution is 6.24. The first-order valence-electron chi connectivity index (χ1n) is 6.71. The predicted octanol–water partition coefficient (Wildman–Crippen LogP) is 2.73. The van der Waals surface area contributed by atoms with Crippen LogP contribution < -0.4 is 9.64 Å². The number of ether oxygens (including phenoxy) is 1. The fraction of sp³-hybridized carbons (Fsp3) is 0.176. The summed E-state index contributed by atoms with van der Waals surface area (Å²) in [5.74, 6) is 0.149. The van der Waals surface area contributed by atoms with E-state index in [1.54, 1.807) is 37.4 Å². The number of hydrogen-bond donors (Lipinski definition) is 0. The first-order valence-corrected chi connectivity index (χ1v) is 6.71. The predicted molar refractivity (Wildman–Crippen MR) is 79.7 cm³/mol. The number of nitrogens with zero attached hydrogens (tertiary/aromatic N) is 1. The van der Waals surface area contributed by atoms with E-state index < -0.39 is 0 Å². The van der Waals surface area contributed by atoms with Crippen molar-refractivity contribution in [3.05, 3.63) is 59.2 Å². The van der Waals surface area contributed by atoms with Crippen molar-refractivity contribution in [2.75, 3.05) is 12.0 Å². The van der Waals surface area contributed by atoms with Gasteiger partial charge in [0.2, 0.25) is 5.91 Å². The standard InChI is InChI=1S/C17H15NO3/c1-11-3-5-13(6-4-11)18-16(19)10-12-9-14(21-2)7-8-15(12)17(18)20/h3-9H,10H2,1-2H3. The van der Waals surface area contributed by atoms with Gasteiger partial charge in [0.15, 0.2) is 0 Å². The lowest BCUT2D eigenvalue weighted by Crippen LogP contribution is -2.42. The molecule has 0 saturated carbocycles. The molecule has 0 radical (unpaired) electrons. The summed E-state index contributed by atoms with van der Waals surface area (Å²) in [6.45, 7) is 1.96. The number of benzene rings is 2. The Morgan fingerprint density at radius 1 is 1.05 bits per heavy atom. The molecule has 106 valence electrons. The zero-order chi connectivity index (χ0) is 15.0. The Labute approximate surface area is 123 Å². The lowest BCUT2D eigenvalue weighted by atomic mass is 9.97. The van der Waals surface area contributed by atoms with E-state index in [2.05, 4.69) is 0 Å². The molecule has 0 saturated heterocycles. The van der Waals surface area contributed by atoms with Gasteiger partial charge in [-0.1, -0.05) is 17.7 Å². The van der Waals surface area contributed by atoms with Gasteiger partial charge in [0.25, 0.3) is 5.91 Å². The zero-order valence-corrected chi connectivity index (χ0v) is 11.9. The van der Waals surface area contributed by atoms with Gasteiger partial charge in [0.05, 0.1) is 19.2 Å². The van der Waals surface area contributed by atoms with Gasteiger partial charge >= 0.3 is 0 Å². The van der Waals surface area contributed by atoms with Crippen LogP contribution in [0.1, 0.15) is 21.5 Å². The first-order chi connectivity index (χ1) is 10.1. The van der Waals surface area contributed by atoms with Gasteiger partial charge in [0.1, 0.15) is 5.75 Å². The zero-order valence-electron chi connectivity index (χ0n) is 11.9. The SMILES string of the molecule is COc1ccc2c(c1)CC(=O)N(c1ccc(C)cc1)C2=O. The quantitative estimate of drug-likeness (QED) is 0.795. The molecule has 0 unspecified atom stereocenters. The number of carbonyl (C=O) groups excluding carboxylic acids is 2. The van der Waals surface area contributed by atoms with Crippen LogP contribution in [0.4, 0.5) is 5.69 Å². The summed E-state index contributed by atoms with van der Waals surface area (Å²) in [4.78, 5) is 26.1. The van der Waals surface area contributed by atoms with Crippen LogP contribution in [-0.4, -0.2) is 18.9 Å². The second kappa shape index (κ2) is 5.05. The fourth-order valence-electron chi connectivity index (χ4n) is 2.48. The van der Waals surface area contributed by atoms with E-state index in [1.165, 1.54) is 4.90 Å². The molecule has 4 heteroatoms. The summed E-state index contributed by atoms with van der Waals surface area (Å²) < 4.78 is 5.14. The number of hydrogen-bond acceptors (Lipinski definition) is 3. The molecule has 0 N–H and O–H groups in total. The van der Waals surface area contributed by atoms with Crippen LogP contribution in [0.5, 0.6) is 5.75 Å². The number of anilines is 1. The highest BCUT2D eigenvalue weighted by Gasteiger charge is 2.32. The molecule has 0 spiro atoms. The Balaban J connectivity index is 2.03. The average molecular weight is 281 g/mol. The minimum Gasteiger partial charge on any atom is -0.497 e. The second-order valence-electron chi connectivity index (χ2n) is 5.07. The molecule has 2 aromatic carbocycles. The molecule has 0 fully saturated rings. The first kappa shape index (κ1) is 13.4. The van der Waals surface area contributed by atoms with Crippen LogP contribution >= 0.6 is 0 Å². The Hall–Kier alpha value is -2.62. The van der Waals surface area contributed by atoms with E-state index in [4.69, 9.17) is 4.74 Å². The molecule has 2 aromatic rings. The van der Waals surface area contributed by atoms with Crippen molar-refractivity contribution in [2.24, 2.45) is 0 Å². The number of fused-ring (bicyclic) bond motifs is 1. The van der Waals surface area contributed by atoms with Crippen LogP contribution in [0.15, 0.2) is 42.5 Å². The van der Waals surface area contributed by atoms with E-state index in [0.29, 0.717) is 22.6 Å². The van der Waals surface area contributed by atoms with Gasteiger partial charge in [-0.2, -0.15) is 0 Å². The third-order valence-electron chi connectivity index (χ3n) is 3.63. The second-order valence-corrected chi connectivity index (χ2v) is 5.07. The van der Waals surface area contributed by atoms with Crippen LogP contribution in [0.25, 0.3) is 0 Å². The number of amides is 2. The number of carbonyl (C=O) groups is 2. The lowest BCUT2D eigenvalue weighted by molar-refractivity contribution is -0.117. The summed E-state index contributed by atoms with van der Waals surface area (Å²) in [6, 6.07) is 12.6. The summed E-state index contributed by atoms with van der Waals surface area (Å²) in [5, 5.41) is 0. The summed E-state index contributed by atoms with van der Waals surface area (Å²) in [6.07, 6.45) is 0.201. The summed E-state index contributed by atoms with van der Waals surface area (Å²) in [5.41, 5.74) is 2.96. The topological polar surface area (TPSA) is 46.6 Å². The Morgan fingerprint density at radius 3 is 2.43 bits per heavy atom. The van der Waals surface area contributed by atoms with Gasteiger partial charge in [-0.3, -0.25) is 9.59 Å². The number of rotatable bonds is 2. The summed E-state index contributed by atoms with van der Waals surface area (Å²) in [7, 11) is 1.56. The van der Waals surface area contributed by atoms with Crippen molar-refractivity contribution < 1.29 is 14.3 Å². The van der Waals surface area contributed by atoms with Crippen LogP contribution in [-0.2, 0) is 11.2 Å². The summed E-state index contributed by atoms with van der Waals surface area (Å²) >= 11 is 0. The van der Waals surface area contributed by atoms with E-state index >= 15 is 0 Å². The molecule has 0 aromatic heterocycles. The van der Waals surface area contributed by atoms with Crippen molar-refractivity contribution in [3.8, 4) is 5.75 Å². The monoisotopic (exact) mass is 281 g/mol. The Morgan fingerprint density at radius 2 is 1.76 bits per heavy atom. The van der Waals surface area contributed by atoms with Crippen molar-refractivity contribution >= 4 is 17.5 Å². The molecular weight excluding hydrogens is 266 g/mol. The highest BCUT2D eigenvalue weighted by Crippen LogP contribution is 2.28. The number of imide groups is 1. The largest absolute Gasteiger partial charge is 0.497 e. The van der Waals surface area contributed by atoms with Gasteiger partial charge < -0.3 is 4.74 Å². The fourth-order valence-corrected chi connectivity index (χ4v) is 2.48. The average Bonchev–Trinajstić information content (AvgIpc) is 2.48. The molecule has 1 heterocycles. The maximum Gasteiger partial charge on any atom is 0.265 e. The van der Waals surface area contributed by atoms with E-state index in [1.807, 2.05) is 19.1 Å². The third kappa shape index (κ3) is 2.29. The minimum absolute atomic E-state index is 0.201. The van der Waals surface area contributed by atoms with Gasteiger partial charge in [-0.15, -0.1) is 0 Å². The highest BCUT2D eigenvalue weighted by atomic mass is 16.5. The molecule has 1 aliphatic heterocycles. The maximum absolute atomic E-state index is 12.6. The minimum atomic E-state index is -0.284. The lowest BCUT2D eigenvalue weighted by Gasteiger charge is -2.27. The van der Waals surface area contributed by atoms with Gasteiger partial charge in [-0.05, 0) is 42.8 Å². The van der Waals surface area contributed by atoms with Crippen LogP contribution in [0, 0.1) is 6.92 Å². The number of aryl methyl sites for hydroxylation is 1. The molecule has 3 rings (SSSR count). The third-order valence-corrected chi connectivity index (χ3v) is 3.63.